The van der Waals surface area contributed by atoms with E-state index in [1.54, 1.807) is 18.3 Å². The minimum atomic E-state index is -0.558. The molecule has 9 heteroatoms. The van der Waals surface area contributed by atoms with Crippen LogP contribution in [-0.4, -0.2) is 52.3 Å². The van der Waals surface area contributed by atoms with Gasteiger partial charge in [0.25, 0.3) is 0 Å². The number of hydrogen-bond donors (Lipinski definition) is 1. The first-order valence-corrected chi connectivity index (χ1v) is 10.8. The van der Waals surface area contributed by atoms with E-state index in [0.29, 0.717) is 43.1 Å². The SMILES string of the molecule is Nc1cc2ccccc2c(-c2c(Cl)cc3c(N4CCN(C=CC=O)CC4)ncnc3c2F)n1. The zero-order chi connectivity index (χ0) is 22.9. The summed E-state index contributed by atoms with van der Waals surface area (Å²) in [5.41, 5.74) is 6.73. The van der Waals surface area contributed by atoms with Gasteiger partial charge in [-0.1, -0.05) is 35.9 Å². The number of halogens is 2. The fourth-order valence-electron chi connectivity index (χ4n) is 4.23. The highest BCUT2D eigenvalue weighted by atomic mass is 35.5. The maximum Gasteiger partial charge on any atom is 0.160 e. The van der Waals surface area contributed by atoms with Crippen LogP contribution in [-0.2, 0) is 4.79 Å². The molecule has 1 fully saturated rings. The second-order valence-corrected chi connectivity index (χ2v) is 8.17. The number of nitrogen functional groups attached to an aromatic ring is 1. The summed E-state index contributed by atoms with van der Waals surface area (Å²) in [7, 11) is 0. The van der Waals surface area contributed by atoms with E-state index in [4.69, 9.17) is 17.3 Å². The second-order valence-electron chi connectivity index (χ2n) is 7.76. The van der Waals surface area contributed by atoms with Crippen molar-refractivity contribution in [1.82, 2.24) is 19.9 Å². The normalized spacial score (nSPS) is 14.5. The Morgan fingerprint density at radius 3 is 2.64 bits per heavy atom. The molecule has 1 saturated heterocycles. The molecule has 33 heavy (non-hydrogen) atoms. The Hall–Kier alpha value is -3.78. The summed E-state index contributed by atoms with van der Waals surface area (Å²) in [4.78, 5) is 27.8. The quantitative estimate of drug-likeness (QED) is 0.361. The molecule has 0 atom stereocenters. The highest BCUT2D eigenvalue weighted by molar-refractivity contribution is 6.34. The number of nitrogens with zero attached hydrogens (tertiary/aromatic N) is 5. The van der Waals surface area contributed by atoms with Gasteiger partial charge in [-0.2, -0.15) is 0 Å². The van der Waals surface area contributed by atoms with Crippen molar-refractivity contribution in [1.29, 1.82) is 0 Å². The van der Waals surface area contributed by atoms with Gasteiger partial charge in [-0.15, -0.1) is 0 Å². The molecular weight excluding hydrogens is 443 g/mol. The van der Waals surface area contributed by atoms with Crippen molar-refractivity contribution >= 4 is 51.2 Å². The molecule has 0 amide bonds. The second kappa shape index (κ2) is 8.63. The van der Waals surface area contributed by atoms with Gasteiger partial charge in [0.05, 0.1) is 16.3 Å². The number of piperazine rings is 1. The molecule has 0 saturated carbocycles. The third-order valence-electron chi connectivity index (χ3n) is 5.79. The summed E-state index contributed by atoms with van der Waals surface area (Å²) in [5.74, 6) is 0.345. The van der Waals surface area contributed by atoms with E-state index >= 15 is 4.39 Å². The van der Waals surface area contributed by atoms with Crippen LogP contribution in [0.1, 0.15) is 0 Å². The maximum atomic E-state index is 15.9. The molecule has 166 valence electrons. The van der Waals surface area contributed by atoms with E-state index in [1.165, 1.54) is 12.4 Å². The van der Waals surface area contributed by atoms with Gasteiger partial charge >= 0.3 is 0 Å². The third kappa shape index (κ3) is 3.82. The van der Waals surface area contributed by atoms with E-state index in [1.807, 2.05) is 24.3 Å². The molecule has 5 rings (SSSR count). The van der Waals surface area contributed by atoms with Gasteiger partial charge in [-0.05, 0) is 23.6 Å². The summed E-state index contributed by atoms with van der Waals surface area (Å²) < 4.78 is 15.9. The monoisotopic (exact) mass is 462 g/mol. The molecule has 1 aliphatic rings. The van der Waals surface area contributed by atoms with Crippen LogP contribution in [0.5, 0.6) is 0 Å². The molecule has 7 nitrogen and oxygen atoms in total. The third-order valence-corrected chi connectivity index (χ3v) is 6.08. The zero-order valence-electron chi connectivity index (χ0n) is 17.6. The first-order chi connectivity index (χ1) is 16.1. The van der Waals surface area contributed by atoms with Crippen LogP contribution in [0.15, 0.2) is 55.0 Å². The summed E-state index contributed by atoms with van der Waals surface area (Å²) >= 11 is 6.64. The maximum absolute atomic E-state index is 15.9. The van der Waals surface area contributed by atoms with Crippen molar-refractivity contribution in [2.24, 2.45) is 0 Å². The number of aromatic nitrogens is 3. The summed E-state index contributed by atoms with van der Waals surface area (Å²) in [6.07, 6.45) is 5.36. The van der Waals surface area contributed by atoms with E-state index in [0.717, 1.165) is 17.1 Å². The molecule has 0 bridgehead atoms. The topological polar surface area (TPSA) is 88.2 Å². The first-order valence-electron chi connectivity index (χ1n) is 10.5. The summed E-state index contributed by atoms with van der Waals surface area (Å²) in [5, 5.41) is 2.35. The number of pyridine rings is 1. The lowest BCUT2D eigenvalue weighted by Gasteiger charge is -2.35. The standard InChI is InChI=1S/C24H20ClFN6O/c25-18-13-17-23(28-14-29-24(17)32-9-7-31(8-10-32)6-3-11-33)21(26)20(18)22-16-5-2-1-4-15(16)12-19(27)30-22/h1-6,11-14H,7-10H2,(H2,27,30). The van der Waals surface area contributed by atoms with Gasteiger partial charge in [0.15, 0.2) is 5.82 Å². The Balaban J connectivity index is 1.61. The van der Waals surface area contributed by atoms with Gasteiger partial charge in [0.2, 0.25) is 0 Å². The van der Waals surface area contributed by atoms with Crippen LogP contribution in [0, 0.1) is 5.82 Å². The van der Waals surface area contributed by atoms with Gasteiger partial charge in [-0.25, -0.2) is 19.3 Å². The number of benzene rings is 2. The Kier molecular flexibility index (Phi) is 5.51. The molecule has 2 aromatic carbocycles. The van der Waals surface area contributed by atoms with Gasteiger partial charge in [0.1, 0.15) is 29.8 Å². The number of anilines is 2. The molecule has 4 aromatic rings. The van der Waals surface area contributed by atoms with Crippen LogP contribution in [0.2, 0.25) is 5.02 Å². The van der Waals surface area contributed by atoms with Gasteiger partial charge in [-0.3, -0.25) is 4.79 Å². The predicted molar refractivity (Wildman–Crippen MR) is 129 cm³/mol. The molecule has 0 unspecified atom stereocenters. The molecule has 2 aromatic heterocycles. The smallest absolute Gasteiger partial charge is 0.160 e. The molecule has 3 heterocycles. The first kappa shape index (κ1) is 21.1. The average Bonchev–Trinajstić information content (AvgIpc) is 2.83. The van der Waals surface area contributed by atoms with E-state index < -0.39 is 5.82 Å². The number of carbonyl (C=O) groups excluding carboxylic acids is 1. The predicted octanol–water partition coefficient (Wildman–Crippen LogP) is 4.05. The fraction of sp³-hybridized carbons (Fsp3) is 0.167. The minimum Gasteiger partial charge on any atom is -0.384 e. The molecule has 1 aliphatic heterocycles. The number of fused-ring (bicyclic) bond motifs is 2. The number of nitrogens with two attached hydrogens (primary N) is 1. The summed E-state index contributed by atoms with van der Waals surface area (Å²) in [6, 6.07) is 11.0. The van der Waals surface area contributed by atoms with Crippen LogP contribution in [0.4, 0.5) is 16.0 Å². The van der Waals surface area contributed by atoms with Crippen molar-refractivity contribution in [3.05, 3.63) is 65.8 Å². The molecule has 0 radical (unpaired) electrons. The van der Waals surface area contributed by atoms with E-state index in [-0.39, 0.29) is 21.9 Å². The molecule has 0 spiro atoms. The van der Waals surface area contributed by atoms with Crippen LogP contribution >= 0.6 is 11.6 Å². The Bertz CT molecular complexity index is 1400. The number of allylic oxidation sites excluding steroid dienone is 1. The minimum absolute atomic E-state index is 0.168. The largest absolute Gasteiger partial charge is 0.384 e. The van der Waals surface area contributed by atoms with Crippen molar-refractivity contribution < 1.29 is 9.18 Å². The number of aldehydes is 1. The van der Waals surface area contributed by atoms with Crippen LogP contribution in [0.25, 0.3) is 32.9 Å². The van der Waals surface area contributed by atoms with Crippen molar-refractivity contribution in [3.8, 4) is 11.3 Å². The van der Waals surface area contributed by atoms with Gasteiger partial charge in [0, 0.05) is 43.2 Å². The van der Waals surface area contributed by atoms with E-state index in [2.05, 4.69) is 24.8 Å². The lowest BCUT2D eigenvalue weighted by atomic mass is 10.0. The lowest BCUT2D eigenvalue weighted by Crippen LogP contribution is -2.44. The number of carbonyl (C=O) groups is 1. The van der Waals surface area contributed by atoms with Gasteiger partial charge < -0.3 is 15.5 Å². The lowest BCUT2D eigenvalue weighted by molar-refractivity contribution is -0.104. The number of hydrogen-bond acceptors (Lipinski definition) is 7. The van der Waals surface area contributed by atoms with Crippen LogP contribution in [0.3, 0.4) is 0 Å². The average molecular weight is 463 g/mol. The Labute approximate surface area is 194 Å². The van der Waals surface area contributed by atoms with E-state index in [9.17, 15) is 4.79 Å². The van der Waals surface area contributed by atoms with Crippen molar-refractivity contribution in [2.75, 3.05) is 36.8 Å². The fourth-order valence-corrected chi connectivity index (χ4v) is 4.52. The zero-order valence-corrected chi connectivity index (χ0v) is 18.3. The highest BCUT2D eigenvalue weighted by Gasteiger charge is 2.24. The number of rotatable bonds is 4. The Morgan fingerprint density at radius 2 is 1.85 bits per heavy atom. The van der Waals surface area contributed by atoms with Crippen LogP contribution < -0.4 is 10.6 Å². The molecule has 0 aliphatic carbocycles. The summed E-state index contributed by atoms with van der Waals surface area (Å²) in [6.45, 7) is 2.75. The molecule has 2 N–H and O–H groups in total. The van der Waals surface area contributed by atoms with Crippen molar-refractivity contribution in [3.63, 3.8) is 0 Å². The Morgan fingerprint density at radius 1 is 1.06 bits per heavy atom. The molecular formula is C24H20ClFN6O. The van der Waals surface area contributed by atoms with Crippen molar-refractivity contribution in [2.45, 2.75) is 0 Å². The highest BCUT2D eigenvalue weighted by Crippen LogP contribution is 2.39.